The van der Waals surface area contributed by atoms with Gasteiger partial charge in [0.25, 0.3) is 0 Å². The summed E-state index contributed by atoms with van der Waals surface area (Å²) in [5.41, 5.74) is 0. The van der Waals surface area contributed by atoms with Gasteiger partial charge in [0.2, 0.25) is 0 Å². The van der Waals surface area contributed by atoms with Crippen LogP contribution in [0.2, 0.25) is 5.02 Å². The minimum atomic E-state index is 0.540. The fourth-order valence-corrected chi connectivity index (χ4v) is 2.35. The fraction of sp³-hybridized carbons (Fsp3) is 0.500. The van der Waals surface area contributed by atoms with Gasteiger partial charge in [-0.3, -0.25) is 0 Å². The van der Waals surface area contributed by atoms with E-state index in [0.29, 0.717) is 5.25 Å². The molecule has 0 saturated heterocycles. The number of rotatable bonds is 7. The Labute approximate surface area is 107 Å². The zero-order valence-corrected chi connectivity index (χ0v) is 11.3. The minimum Gasteiger partial charge on any atom is -0.383 e. The van der Waals surface area contributed by atoms with Crippen molar-refractivity contribution in [2.75, 3.05) is 26.8 Å². The Bertz CT molecular complexity index is 292. The maximum atomic E-state index is 5.83. The fourth-order valence-electron chi connectivity index (χ4n) is 1.27. The number of hydrogen-bond acceptors (Lipinski definition) is 3. The Morgan fingerprint density at radius 3 is 2.69 bits per heavy atom. The van der Waals surface area contributed by atoms with Gasteiger partial charge in [-0.25, -0.2) is 0 Å². The van der Waals surface area contributed by atoms with E-state index in [2.05, 4.69) is 24.4 Å². The highest BCUT2D eigenvalue weighted by Crippen LogP contribution is 2.24. The van der Waals surface area contributed by atoms with Gasteiger partial charge in [-0.1, -0.05) is 18.5 Å². The van der Waals surface area contributed by atoms with Crippen molar-refractivity contribution < 1.29 is 4.74 Å². The van der Waals surface area contributed by atoms with Gasteiger partial charge in [0.1, 0.15) is 0 Å². The predicted molar refractivity (Wildman–Crippen MR) is 71.5 cm³/mol. The average Bonchev–Trinajstić information content (AvgIpc) is 2.28. The number of nitrogens with one attached hydrogen (secondary N) is 1. The first-order valence-corrected chi connectivity index (χ1v) is 6.60. The van der Waals surface area contributed by atoms with E-state index in [1.807, 2.05) is 23.9 Å². The normalized spacial score (nSPS) is 12.7. The van der Waals surface area contributed by atoms with E-state index in [0.717, 1.165) is 24.7 Å². The van der Waals surface area contributed by atoms with Crippen LogP contribution in [0.4, 0.5) is 0 Å². The number of methoxy groups -OCH3 is 1. The summed E-state index contributed by atoms with van der Waals surface area (Å²) in [5.74, 6) is 0. The van der Waals surface area contributed by atoms with Crippen molar-refractivity contribution in [3.8, 4) is 0 Å². The number of halogens is 1. The van der Waals surface area contributed by atoms with Crippen molar-refractivity contribution in [2.45, 2.75) is 17.1 Å². The van der Waals surface area contributed by atoms with Gasteiger partial charge < -0.3 is 10.1 Å². The van der Waals surface area contributed by atoms with Gasteiger partial charge in [-0.2, -0.15) is 0 Å². The summed E-state index contributed by atoms with van der Waals surface area (Å²) in [6.07, 6.45) is 0. The number of hydrogen-bond donors (Lipinski definition) is 1. The Balaban J connectivity index is 2.23. The first-order chi connectivity index (χ1) is 7.72. The van der Waals surface area contributed by atoms with Crippen LogP contribution in [-0.4, -0.2) is 32.1 Å². The minimum absolute atomic E-state index is 0.540. The molecule has 0 aliphatic carbocycles. The molecule has 0 radical (unpaired) electrons. The van der Waals surface area contributed by atoms with E-state index in [1.165, 1.54) is 4.90 Å². The molecule has 1 N–H and O–H groups in total. The van der Waals surface area contributed by atoms with Crippen molar-refractivity contribution in [2.24, 2.45) is 0 Å². The van der Waals surface area contributed by atoms with Gasteiger partial charge in [0.15, 0.2) is 0 Å². The third-order valence-corrected chi connectivity index (χ3v) is 3.43. The second-order valence-electron chi connectivity index (χ2n) is 3.58. The summed E-state index contributed by atoms with van der Waals surface area (Å²) in [4.78, 5) is 1.26. The van der Waals surface area contributed by atoms with Crippen LogP contribution in [0.3, 0.4) is 0 Å². The van der Waals surface area contributed by atoms with Crippen LogP contribution in [0, 0.1) is 0 Å². The number of ether oxygens (including phenoxy) is 1. The molecular formula is C12H18ClNOS. The molecule has 0 aromatic heterocycles. The molecule has 1 atom stereocenters. The van der Waals surface area contributed by atoms with Gasteiger partial charge in [-0.15, -0.1) is 11.8 Å². The van der Waals surface area contributed by atoms with Crippen LogP contribution in [0.1, 0.15) is 6.92 Å². The van der Waals surface area contributed by atoms with Gasteiger partial charge in [0, 0.05) is 35.4 Å². The molecule has 0 aliphatic heterocycles. The van der Waals surface area contributed by atoms with Crippen molar-refractivity contribution in [1.82, 2.24) is 5.32 Å². The standard InChI is InChI=1S/C12H18ClNOS/c1-10(9-14-7-8-15-2)16-12-5-3-11(13)4-6-12/h3-6,10,14H,7-9H2,1-2H3. The van der Waals surface area contributed by atoms with Crippen molar-refractivity contribution >= 4 is 23.4 Å². The summed E-state index contributed by atoms with van der Waals surface area (Å²) in [7, 11) is 1.72. The average molecular weight is 260 g/mol. The van der Waals surface area contributed by atoms with Gasteiger partial charge in [0.05, 0.1) is 6.61 Å². The maximum absolute atomic E-state index is 5.83. The van der Waals surface area contributed by atoms with Crippen molar-refractivity contribution in [1.29, 1.82) is 0 Å². The Morgan fingerprint density at radius 2 is 2.06 bits per heavy atom. The molecule has 2 nitrogen and oxygen atoms in total. The van der Waals surface area contributed by atoms with Crippen LogP contribution in [-0.2, 0) is 4.74 Å². The lowest BCUT2D eigenvalue weighted by molar-refractivity contribution is 0.199. The topological polar surface area (TPSA) is 21.3 Å². The van der Waals surface area contributed by atoms with Crippen LogP contribution >= 0.6 is 23.4 Å². The second kappa shape index (κ2) is 7.96. The largest absolute Gasteiger partial charge is 0.383 e. The quantitative estimate of drug-likeness (QED) is 0.601. The summed E-state index contributed by atoms with van der Waals surface area (Å²) in [5, 5.41) is 4.67. The molecule has 90 valence electrons. The summed E-state index contributed by atoms with van der Waals surface area (Å²) in [6, 6.07) is 7.96. The van der Waals surface area contributed by atoms with E-state index in [4.69, 9.17) is 16.3 Å². The van der Waals surface area contributed by atoms with Crippen molar-refractivity contribution in [3.63, 3.8) is 0 Å². The third kappa shape index (κ3) is 5.75. The SMILES string of the molecule is COCCNCC(C)Sc1ccc(Cl)cc1. The number of thioether (sulfide) groups is 1. The van der Waals surface area contributed by atoms with E-state index >= 15 is 0 Å². The maximum Gasteiger partial charge on any atom is 0.0587 e. The zero-order valence-electron chi connectivity index (χ0n) is 9.70. The highest BCUT2D eigenvalue weighted by Gasteiger charge is 2.03. The first kappa shape index (κ1) is 13.8. The molecule has 1 rings (SSSR count). The molecule has 0 spiro atoms. The van der Waals surface area contributed by atoms with Crippen LogP contribution < -0.4 is 5.32 Å². The van der Waals surface area contributed by atoms with E-state index < -0.39 is 0 Å². The Kier molecular flexibility index (Phi) is 6.88. The molecule has 1 aromatic rings. The van der Waals surface area contributed by atoms with Crippen LogP contribution in [0.15, 0.2) is 29.2 Å². The Hall–Kier alpha value is -0.220. The predicted octanol–water partition coefficient (Wildman–Crippen LogP) is 3.06. The Morgan fingerprint density at radius 1 is 1.38 bits per heavy atom. The smallest absolute Gasteiger partial charge is 0.0587 e. The molecule has 4 heteroatoms. The highest BCUT2D eigenvalue weighted by atomic mass is 35.5. The summed E-state index contributed by atoms with van der Waals surface area (Å²) >= 11 is 7.68. The molecule has 0 fully saturated rings. The monoisotopic (exact) mass is 259 g/mol. The number of benzene rings is 1. The van der Waals surface area contributed by atoms with E-state index in [1.54, 1.807) is 7.11 Å². The summed E-state index contributed by atoms with van der Waals surface area (Å²) < 4.78 is 4.97. The summed E-state index contributed by atoms with van der Waals surface area (Å²) in [6.45, 7) is 4.86. The molecule has 1 unspecified atom stereocenters. The van der Waals surface area contributed by atoms with Crippen LogP contribution in [0.25, 0.3) is 0 Å². The lowest BCUT2D eigenvalue weighted by Crippen LogP contribution is -2.26. The van der Waals surface area contributed by atoms with Crippen molar-refractivity contribution in [3.05, 3.63) is 29.3 Å². The molecular weight excluding hydrogens is 242 g/mol. The highest BCUT2D eigenvalue weighted by molar-refractivity contribution is 8.00. The molecule has 0 heterocycles. The molecule has 0 bridgehead atoms. The molecule has 0 aliphatic rings. The molecule has 0 amide bonds. The molecule has 1 aromatic carbocycles. The lowest BCUT2D eigenvalue weighted by Gasteiger charge is -2.12. The van der Waals surface area contributed by atoms with Gasteiger partial charge in [-0.05, 0) is 24.3 Å². The lowest BCUT2D eigenvalue weighted by atomic mass is 10.4. The first-order valence-electron chi connectivity index (χ1n) is 5.34. The van der Waals surface area contributed by atoms with Gasteiger partial charge >= 0.3 is 0 Å². The molecule has 0 saturated carbocycles. The van der Waals surface area contributed by atoms with Crippen LogP contribution in [0.5, 0.6) is 0 Å². The van der Waals surface area contributed by atoms with E-state index in [9.17, 15) is 0 Å². The second-order valence-corrected chi connectivity index (χ2v) is 5.53. The molecule has 16 heavy (non-hydrogen) atoms. The third-order valence-electron chi connectivity index (χ3n) is 2.07. The van der Waals surface area contributed by atoms with E-state index in [-0.39, 0.29) is 0 Å². The zero-order chi connectivity index (χ0) is 11.8.